The number of thioether (sulfide) groups is 1. The number of rotatable bonds is 6. The molecule has 0 saturated heterocycles. The lowest BCUT2D eigenvalue weighted by Gasteiger charge is -2.09. The predicted octanol–water partition coefficient (Wildman–Crippen LogP) is 2.76. The van der Waals surface area contributed by atoms with E-state index < -0.39 is 0 Å². The summed E-state index contributed by atoms with van der Waals surface area (Å²) < 4.78 is 3.38. The maximum Gasteiger partial charge on any atom is 0.261 e. The molecule has 0 spiro atoms. The Morgan fingerprint density at radius 1 is 1.10 bits per heavy atom. The summed E-state index contributed by atoms with van der Waals surface area (Å²) >= 11 is 1.30. The first-order chi connectivity index (χ1) is 14.9. The van der Waals surface area contributed by atoms with E-state index in [9.17, 15) is 9.59 Å². The molecule has 0 radical (unpaired) electrons. The van der Waals surface area contributed by atoms with Crippen LogP contribution in [0.5, 0.6) is 0 Å². The highest BCUT2D eigenvalue weighted by molar-refractivity contribution is 7.99. The van der Waals surface area contributed by atoms with Crippen LogP contribution in [0.1, 0.15) is 22.6 Å². The SMILES string of the molecule is Cc1nc2c(C)cccn2c(=O)c1Cc1nnc(SCC(=O)Nc2ccccc2)n1C. The van der Waals surface area contributed by atoms with Crippen molar-refractivity contribution in [3.05, 3.63) is 81.7 Å². The molecule has 3 aromatic heterocycles. The number of nitrogens with one attached hydrogen (secondary N) is 1. The average molecular weight is 435 g/mol. The molecule has 0 saturated carbocycles. The number of hydrogen-bond acceptors (Lipinski definition) is 6. The van der Waals surface area contributed by atoms with E-state index in [1.165, 1.54) is 11.8 Å². The zero-order valence-corrected chi connectivity index (χ0v) is 18.3. The number of pyridine rings is 1. The smallest absolute Gasteiger partial charge is 0.261 e. The third-order valence-electron chi connectivity index (χ3n) is 5.00. The number of nitrogens with zero attached hydrogens (tertiary/aromatic N) is 5. The van der Waals surface area contributed by atoms with Gasteiger partial charge >= 0.3 is 0 Å². The van der Waals surface area contributed by atoms with Crippen molar-refractivity contribution in [1.82, 2.24) is 24.1 Å². The monoisotopic (exact) mass is 434 g/mol. The fourth-order valence-corrected chi connectivity index (χ4v) is 4.01. The van der Waals surface area contributed by atoms with Crippen molar-refractivity contribution in [2.45, 2.75) is 25.4 Å². The van der Waals surface area contributed by atoms with E-state index in [1.807, 2.05) is 67.9 Å². The molecular weight excluding hydrogens is 412 g/mol. The highest BCUT2D eigenvalue weighted by Crippen LogP contribution is 2.18. The first-order valence-corrected chi connectivity index (χ1v) is 10.8. The molecule has 9 heteroatoms. The number of aryl methyl sites for hydroxylation is 2. The Morgan fingerprint density at radius 2 is 1.87 bits per heavy atom. The van der Waals surface area contributed by atoms with Gasteiger partial charge in [-0.15, -0.1) is 10.2 Å². The molecule has 8 nitrogen and oxygen atoms in total. The molecule has 31 heavy (non-hydrogen) atoms. The van der Waals surface area contributed by atoms with Gasteiger partial charge in [0.05, 0.1) is 5.75 Å². The lowest BCUT2D eigenvalue weighted by atomic mass is 10.1. The molecule has 0 bridgehead atoms. The third kappa shape index (κ3) is 4.36. The van der Waals surface area contributed by atoms with Gasteiger partial charge in [-0.3, -0.25) is 14.0 Å². The molecule has 3 heterocycles. The Morgan fingerprint density at radius 3 is 2.65 bits per heavy atom. The van der Waals surface area contributed by atoms with E-state index in [0.717, 1.165) is 11.3 Å². The van der Waals surface area contributed by atoms with E-state index >= 15 is 0 Å². The van der Waals surface area contributed by atoms with Crippen molar-refractivity contribution in [2.24, 2.45) is 7.05 Å². The second-order valence-corrected chi connectivity index (χ2v) is 8.15. The Bertz CT molecular complexity index is 1310. The third-order valence-corrected chi connectivity index (χ3v) is 6.02. The van der Waals surface area contributed by atoms with Crippen LogP contribution in [-0.2, 0) is 18.3 Å². The molecule has 0 unspecified atom stereocenters. The number of fused-ring (bicyclic) bond motifs is 1. The van der Waals surface area contributed by atoms with E-state index in [0.29, 0.717) is 34.3 Å². The molecular formula is C22H22N6O2S. The Balaban J connectivity index is 1.50. The summed E-state index contributed by atoms with van der Waals surface area (Å²) in [6, 6.07) is 13.1. The number of benzene rings is 1. The quantitative estimate of drug-likeness (QED) is 0.469. The molecule has 0 aliphatic heterocycles. The van der Waals surface area contributed by atoms with Crippen molar-refractivity contribution in [1.29, 1.82) is 0 Å². The number of carbonyl (C=O) groups excluding carboxylic acids is 1. The maximum absolute atomic E-state index is 13.0. The molecule has 1 N–H and O–H groups in total. The first-order valence-electron chi connectivity index (χ1n) is 9.77. The molecule has 4 rings (SSSR count). The molecule has 0 aliphatic carbocycles. The van der Waals surface area contributed by atoms with Crippen molar-refractivity contribution in [3.8, 4) is 0 Å². The highest BCUT2D eigenvalue weighted by atomic mass is 32.2. The number of hydrogen-bond donors (Lipinski definition) is 1. The summed E-state index contributed by atoms with van der Waals surface area (Å²) in [5.74, 6) is 0.726. The number of aromatic nitrogens is 5. The van der Waals surface area contributed by atoms with Crippen LogP contribution in [0.4, 0.5) is 5.69 Å². The summed E-state index contributed by atoms with van der Waals surface area (Å²) in [5.41, 5.74) is 3.51. The van der Waals surface area contributed by atoms with E-state index in [1.54, 1.807) is 10.6 Å². The molecule has 1 amide bonds. The lowest BCUT2D eigenvalue weighted by molar-refractivity contribution is -0.113. The zero-order chi connectivity index (χ0) is 22.0. The van der Waals surface area contributed by atoms with E-state index in [4.69, 9.17) is 0 Å². The summed E-state index contributed by atoms with van der Waals surface area (Å²) in [6.45, 7) is 3.77. The molecule has 4 aromatic rings. The van der Waals surface area contributed by atoms with Crippen molar-refractivity contribution < 1.29 is 4.79 Å². The minimum atomic E-state index is -0.121. The van der Waals surface area contributed by atoms with Gasteiger partial charge in [0.15, 0.2) is 5.16 Å². The minimum Gasteiger partial charge on any atom is -0.325 e. The van der Waals surface area contributed by atoms with Gasteiger partial charge < -0.3 is 9.88 Å². The van der Waals surface area contributed by atoms with Gasteiger partial charge in [-0.25, -0.2) is 4.98 Å². The van der Waals surface area contributed by atoms with Crippen molar-refractivity contribution in [2.75, 3.05) is 11.1 Å². The molecule has 0 aliphatic rings. The van der Waals surface area contributed by atoms with Crippen LogP contribution in [0.2, 0.25) is 0 Å². The first kappa shape index (κ1) is 20.8. The van der Waals surface area contributed by atoms with Gasteiger partial charge in [-0.1, -0.05) is 36.0 Å². The lowest BCUT2D eigenvalue weighted by Crippen LogP contribution is -2.23. The molecule has 1 aromatic carbocycles. The number of amides is 1. The summed E-state index contributed by atoms with van der Waals surface area (Å²) in [4.78, 5) is 29.8. The minimum absolute atomic E-state index is 0.106. The standard InChI is InChI=1S/C22H22N6O2S/c1-14-8-7-11-28-20(14)23-15(2)17(21(28)30)12-18-25-26-22(27(18)3)31-13-19(29)24-16-9-5-4-6-10-16/h4-11H,12-13H2,1-3H3,(H,24,29). The van der Waals surface area contributed by atoms with Crippen LogP contribution in [0.15, 0.2) is 58.6 Å². The average Bonchev–Trinajstić information content (AvgIpc) is 3.10. The molecule has 0 atom stereocenters. The topological polar surface area (TPSA) is 94.2 Å². The van der Waals surface area contributed by atoms with Gasteiger partial charge in [0.2, 0.25) is 5.91 Å². The fraction of sp³-hybridized carbons (Fsp3) is 0.227. The second kappa shape index (κ2) is 8.73. The number of para-hydroxylation sites is 1. The zero-order valence-electron chi connectivity index (χ0n) is 17.5. The van der Waals surface area contributed by atoms with Gasteiger partial charge in [0.1, 0.15) is 11.5 Å². The summed E-state index contributed by atoms with van der Waals surface area (Å²) in [6.07, 6.45) is 2.04. The van der Waals surface area contributed by atoms with Crippen LogP contribution < -0.4 is 10.9 Å². The van der Waals surface area contributed by atoms with Crippen LogP contribution in [0.25, 0.3) is 5.65 Å². The van der Waals surface area contributed by atoms with Crippen molar-refractivity contribution in [3.63, 3.8) is 0 Å². The van der Waals surface area contributed by atoms with Gasteiger partial charge in [0.25, 0.3) is 5.56 Å². The normalized spacial score (nSPS) is 11.1. The van der Waals surface area contributed by atoms with Gasteiger partial charge in [0, 0.05) is 36.6 Å². The van der Waals surface area contributed by atoms with E-state index in [-0.39, 0.29) is 17.2 Å². The van der Waals surface area contributed by atoms with Crippen LogP contribution >= 0.6 is 11.8 Å². The van der Waals surface area contributed by atoms with E-state index in [2.05, 4.69) is 20.5 Å². The number of anilines is 1. The highest BCUT2D eigenvalue weighted by Gasteiger charge is 2.17. The Kier molecular flexibility index (Phi) is 5.85. The van der Waals surface area contributed by atoms with Crippen LogP contribution in [0, 0.1) is 13.8 Å². The molecule has 158 valence electrons. The van der Waals surface area contributed by atoms with Gasteiger partial charge in [-0.2, -0.15) is 0 Å². The fourth-order valence-electron chi connectivity index (χ4n) is 3.28. The maximum atomic E-state index is 13.0. The Labute approximate surface area is 183 Å². The van der Waals surface area contributed by atoms with Crippen LogP contribution in [-0.4, -0.2) is 35.8 Å². The molecule has 0 fully saturated rings. The van der Waals surface area contributed by atoms with Crippen molar-refractivity contribution >= 4 is 29.0 Å². The largest absolute Gasteiger partial charge is 0.325 e. The summed E-state index contributed by atoms with van der Waals surface area (Å²) in [7, 11) is 1.83. The predicted molar refractivity (Wildman–Crippen MR) is 121 cm³/mol. The van der Waals surface area contributed by atoms with Crippen LogP contribution in [0.3, 0.4) is 0 Å². The second-order valence-electron chi connectivity index (χ2n) is 7.20. The summed E-state index contributed by atoms with van der Waals surface area (Å²) in [5, 5.41) is 11.9. The van der Waals surface area contributed by atoms with Gasteiger partial charge in [-0.05, 0) is 37.6 Å². The number of carbonyl (C=O) groups is 1. The Hall–Kier alpha value is -3.46.